The van der Waals surface area contributed by atoms with Crippen molar-refractivity contribution in [1.29, 1.82) is 0 Å². The number of rotatable bonds is 4. The maximum Gasteiger partial charge on any atom is 0.289 e. The molecule has 0 atom stereocenters. The Morgan fingerprint density at radius 3 is 2.74 bits per heavy atom. The summed E-state index contributed by atoms with van der Waals surface area (Å²) in [6.45, 7) is 2.50. The zero-order valence-electron chi connectivity index (χ0n) is 18.8. The summed E-state index contributed by atoms with van der Waals surface area (Å²) in [6.07, 6.45) is 1.76. The van der Waals surface area contributed by atoms with Crippen LogP contribution >= 0.6 is 11.3 Å². The highest BCUT2D eigenvalue weighted by Crippen LogP contribution is 2.37. The largest absolute Gasteiger partial charge is 0.493 e. The molecule has 1 fully saturated rings. The van der Waals surface area contributed by atoms with E-state index in [1.165, 1.54) is 0 Å². The van der Waals surface area contributed by atoms with Crippen molar-refractivity contribution in [2.75, 3.05) is 33.4 Å². The predicted molar refractivity (Wildman–Crippen MR) is 129 cm³/mol. The van der Waals surface area contributed by atoms with Gasteiger partial charge in [-0.3, -0.25) is 4.79 Å². The number of piperidine rings is 1. The first-order chi connectivity index (χ1) is 16.7. The fraction of sp³-hybridized carbons (Fsp3) is 0.308. The van der Waals surface area contributed by atoms with Gasteiger partial charge in [-0.2, -0.15) is 0 Å². The fourth-order valence-electron chi connectivity index (χ4n) is 4.60. The Kier molecular flexibility index (Phi) is 5.37. The summed E-state index contributed by atoms with van der Waals surface area (Å²) >= 11 is 1.68. The van der Waals surface area contributed by atoms with Crippen LogP contribution in [0.5, 0.6) is 17.2 Å². The van der Waals surface area contributed by atoms with Crippen molar-refractivity contribution in [3.8, 4) is 28.5 Å². The third-order valence-corrected chi connectivity index (χ3v) is 7.44. The molecule has 0 aliphatic carbocycles. The number of hydrogen-bond acceptors (Lipinski definition) is 7. The number of hydrogen-bond donors (Lipinski definition) is 0. The zero-order valence-corrected chi connectivity index (χ0v) is 19.6. The number of thiazole rings is 1. The van der Waals surface area contributed by atoms with Crippen LogP contribution in [0.15, 0.2) is 52.3 Å². The maximum absolute atomic E-state index is 13.1. The molecule has 1 amide bonds. The summed E-state index contributed by atoms with van der Waals surface area (Å²) in [7, 11) is 1.60. The van der Waals surface area contributed by atoms with Crippen molar-refractivity contribution in [2.24, 2.45) is 0 Å². The number of furan rings is 1. The number of nitrogens with zero attached hydrogens (tertiary/aromatic N) is 2. The monoisotopic (exact) mass is 476 g/mol. The molecule has 6 rings (SSSR count). The van der Waals surface area contributed by atoms with Crippen LogP contribution in [-0.4, -0.2) is 49.2 Å². The summed E-state index contributed by atoms with van der Waals surface area (Å²) in [5.41, 5.74) is 2.59. The van der Waals surface area contributed by atoms with E-state index < -0.39 is 0 Å². The number of methoxy groups -OCH3 is 1. The minimum Gasteiger partial charge on any atom is -0.493 e. The van der Waals surface area contributed by atoms with Gasteiger partial charge in [0.1, 0.15) is 13.2 Å². The lowest BCUT2D eigenvalue weighted by Gasteiger charge is -2.30. The van der Waals surface area contributed by atoms with E-state index in [1.807, 2.05) is 41.3 Å². The van der Waals surface area contributed by atoms with Crippen LogP contribution in [0.1, 0.15) is 34.3 Å². The molecule has 7 nitrogen and oxygen atoms in total. The summed E-state index contributed by atoms with van der Waals surface area (Å²) in [6, 6.07) is 13.4. The number of aromatic nitrogens is 1. The lowest BCUT2D eigenvalue weighted by molar-refractivity contribution is 0.0683. The van der Waals surface area contributed by atoms with Crippen LogP contribution in [0.3, 0.4) is 0 Å². The van der Waals surface area contributed by atoms with E-state index in [2.05, 4.69) is 5.38 Å². The number of carbonyl (C=O) groups excluding carboxylic acids is 1. The number of likely N-dealkylation sites (tertiary alicyclic amines) is 1. The predicted octanol–water partition coefficient (Wildman–Crippen LogP) is 5.36. The average Bonchev–Trinajstić information content (AvgIpc) is 3.56. The molecule has 174 valence electrons. The topological polar surface area (TPSA) is 74.0 Å². The van der Waals surface area contributed by atoms with Crippen LogP contribution in [0.4, 0.5) is 0 Å². The van der Waals surface area contributed by atoms with Crippen molar-refractivity contribution >= 4 is 28.2 Å². The van der Waals surface area contributed by atoms with Gasteiger partial charge in [0.15, 0.2) is 28.6 Å². The second-order valence-corrected chi connectivity index (χ2v) is 9.37. The SMILES string of the molecule is COc1cccc2cc(C(=O)N3CCC(c4nc(-c5ccc6c(c5)OCCO6)cs4)CC3)oc12. The smallest absolute Gasteiger partial charge is 0.289 e. The molecule has 1 saturated heterocycles. The number of amides is 1. The molecule has 8 heteroatoms. The number of benzene rings is 2. The molecule has 2 aliphatic rings. The van der Waals surface area contributed by atoms with Gasteiger partial charge in [-0.15, -0.1) is 11.3 Å². The highest BCUT2D eigenvalue weighted by atomic mass is 32.1. The molecule has 0 spiro atoms. The van der Waals surface area contributed by atoms with E-state index in [4.69, 9.17) is 23.6 Å². The minimum atomic E-state index is -0.0761. The van der Waals surface area contributed by atoms with Crippen molar-refractivity contribution in [1.82, 2.24) is 9.88 Å². The molecule has 4 heterocycles. The van der Waals surface area contributed by atoms with Crippen molar-refractivity contribution in [3.05, 3.63) is 58.6 Å². The van der Waals surface area contributed by atoms with E-state index in [-0.39, 0.29) is 5.91 Å². The summed E-state index contributed by atoms with van der Waals surface area (Å²) < 4.78 is 22.5. The first-order valence-corrected chi connectivity index (χ1v) is 12.3. The van der Waals surface area contributed by atoms with Gasteiger partial charge in [-0.1, -0.05) is 12.1 Å². The van der Waals surface area contributed by atoms with E-state index in [0.717, 1.165) is 46.0 Å². The lowest BCUT2D eigenvalue weighted by atomic mass is 9.97. The zero-order chi connectivity index (χ0) is 23.1. The van der Waals surface area contributed by atoms with Gasteiger partial charge in [0.25, 0.3) is 5.91 Å². The Labute approximate surface area is 200 Å². The van der Waals surface area contributed by atoms with Crippen molar-refractivity contribution < 1.29 is 23.4 Å². The first kappa shape index (κ1) is 21.0. The molecular weight excluding hydrogens is 452 g/mol. The summed E-state index contributed by atoms with van der Waals surface area (Å²) in [5, 5.41) is 4.08. The molecule has 0 unspecified atom stereocenters. The van der Waals surface area contributed by atoms with E-state index >= 15 is 0 Å². The highest BCUT2D eigenvalue weighted by Gasteiger charge is 2.28. The number of fused-ring (bicyclic) bond motifs is 2. The summed E-state index contributed by atoms with van der Waals surface area (Å²) in [5.74, 6) is 2.81. The third-order valence-electron chi connectivity index (χ3n) is 6.43. The normalized spacial score (nSPS) is 16.1. The molecule has 4 aromatic rings. The van der Waals surface area contributed by atoms with Gasteiger partial charge >= 0.3 is 0 Å². The van der Waals surface area contributed by atoms with Crippen molar-refractivity contribution in [2.45, 2.75) is 18.8 Å². The van der Waals surface area contributed by atoms with Crippen LogP contribution < -0.4 is 14.2 Å². The van der Waals surface area contributed by atoms with Gasteiger partial charge in [0.2, 0.25) is 0 Å². The van der Waals surface area contributed by atoms with Crippen molar-refractivity contribution in [3.63, 3.8) is 0 Å². The molecule has 0 bridgehead atoms. The third kappa shape index (κ3) is 3.77. The molecule has 2 aliphatic heterocycles. The molecular formula is C26H24N2O5S. The Hall–Kier alpha value is -3.52. The molecule has 0 radical (unpaired) electrons. The minimum absolute atomic E-state index is 0.0761. The van der Waals surface area contributed by atoms with E-state index in [0.29, 0.717) is 49.3 Å². The van der Waals surface area contributed by atoms with Gasteiger partial charge in [0, 0.05) is 35.3 Å². The van der Waals surface area contributed by atoms with Crippen LogP contribution in [0, 0.1) is 0 Å². The van der Waals surface area contributed by atoms with Gasteiger partial charge < -0.3 is 23.5 Å². The highest BCUT2D eigenvalue weighted by molar-refractivity contribution is 7.10. The van der Waals surface area contributed by atoms with Crippen LogP contribution in [0.2, 0.25) is 0 Å². The molecule has 34 heavy (non-hydrogen) atoms. The average molecular weight is 477 g/mol. The maximum atomic E-state index is 13.1. The number of ether oxygens (including phenoxy) is 3. The first-order valence-electron chi connectivity index (χ1n) is 11.4. The number of carbonyl (C=O) groups is 1. The Balaban J connectivity index is 1.13. The standard InChI is InChI=1S/C26H24N2O5S/c1-30-21-4-2-3-18-14-23(33-24(18)21)26(29)28-9-7-16(8-10-28)25-27-19(15-34-25)17-5-6-20-22(13-17)32-12-11-31-20/h2-6,13-16H,7-12H2,1H3. The fourth-order valence-corrected chi connectivity index (χ4v) is 5.60. The quantitative estimate of drug-likeness (QED) is 0.395. The second-order valence-electron chi connectivity index (χ2n) is 8.49. The Bertz CT molecular complexity index is 1350. The van der Waals surface area contributed by atoms with Crippen LogP contribution in [0.25, 0.3) is 22.2 Å². The lowest BCUT2D eigenvalue weighted by Crippen LogP contribution is -2.37. The van der Waals surface area contributed by atoms with Crippen LogP contribution in [-0.2, 0) is 0 Å². The van der Waals surface area contributed by atoms with Gasteiger partial charge in [-0.05, 0) is 43.2 Å². The molecule has 0 N–H and O–H groups in total. The second kappa shape index (κ2) is 8.68. The van der Waals surface area contributed by atoms with Gasteiger partial charge in [-0.25, -0.2) is 4.98 Å². The summed E-state index contributed by atoms with van der Waals surface area (Å²) in [4.78, 5) is 19.9. The Morgan fingerprint density at radius 2 is 1.91 bits per heavy atom. The van der Waals surface area contributed by atoms with E-state index in [1.54, 1.807) is 24.5 Å². The number of para-hydroxylation sites is 1. The molecule has 2 aromatic heterocycles. The molecule has 2 aromatic carbocycles. The van der Waals surface area contributed by atoms with Gasteiger partial charge in [0.05, 0.1) is 17.8 Å². The van der Waals surface area contributed by atoms with E-state index in [9.17, 15) is 4.79 Å². The molecule has 0 saturated carbocycles. The Morgan fingerprint density at radius 1 is 1.09 bits per heavy atom.